The van der Waals surface area contributed by atoms with Crippen molar-refractivity contribution >= 4 is 27.1 Å². The van der Waals surface area contributed by atoms with Gasteiger partial charge in [0, 0.05) is 23.2 Å². The first kappa shape index (κ1) is 18.6. The van der Waals surface area contributed by atoms with Crippen molar-refractivity contribution in [1.82, 2.24) is 9.97 Å². The van der Waals surface area contributed by atoms with Gasteiger partial charge in [-0.3, -0.25) is 4.79 Å². The largest absolute Gasteiger partial charge is 0.398 e. The van der Waals surface area contributed by atoms with Gasteiger partial charge in [0.15, 0.2) is 0 Å². The van der Waals surface area contributed by atoms with E-state index >= 15 is 0 Å². The van der Waals surface area contributed by atoms with Crippen molar-refractivity contribution in [1.29, 1.82) is 0 Å². The fraction of sp³-hybridized carbons (Fsp3) is 0.111. The second-order valence-electron chi connectivity index (χ2n) is 6.07. The number of rotatable bonds is 4. The summed E-state index contributed by atoms with van der Waals surface area (Å²) in [4.78, 5) is 19.3. The Morgan fingerprint density at radius 2 is 1.85 bits per heavy atom. The van der Waals surface area contributed by atoms with Crippen LogP contribution < -0.4 is 11.1 Å². The van der Waals surface area contributed by atoms with Crippen molar-refractivity contribution < 1.29 is 17.6 Å². The quantitative estimate of drug-likeness (QED) is 0.594. The summed E-state index contributed by atoms with van der Waals surface area (Å²) in [7, 11) is -3.68. The molecular formula is C18H17FN4O3S. The summed E-state index contributed by atoms with van der Waals surface area (Å²) < 4.78 is 36.9. The van der Waals surface area contributed by atoms with Gasteiger partial charge in [-0.2, -0.15) is 0 Å². The number of nitrogens with one attached hydrogen (secondary N) is 2. The van der Waals surface area contributed by atoms with Crippen LogP contribution in [-0.4, -0.2) is 30.5 Å². The van der Waals surface area contributed by atoms with E-state index in [0.717, 1.165) is 11.8 Å². The van der Waals surface area contributed by atoms with Gasteiger partial charge in [0.1, 0.15) is 17.2 Å². The third-order valence-corrected chi connectivity index (χ3v) is 4.81. The predicted octanol–water partition coefficient (Wildman–Crippen LogP) is 2.76. The standard InChI is InChI=1S/C18H17FN4O3S/c1-10-3-8-13(9-14(10)20)21-17(24)16-15(11-4-6-12(19)7-5-11)22-18(23-16)27(2,25)26/h3-9H,20H2,1-2H3,(H,21,24)(H,22,23). The van der Waals surface area contributed by atoms with E-state index in [1.807, 2.05) is 6.92 Å². The number of nitrogens with zero attached hydrogens (tertiary/aromatic N) is 1. The number of carbonyl (C=O) groups excluding carboxylic acids is 1. The van der Waals surface area contributed by atoms with E-state index in [1.165, 1.54) is 24.3 Å². The minimum absolute atomic E-state index is 0.0545. The summed E-state index contributed by atoms with van der Waals surface area (Å²) in [6.45, 7) is 1.83. The van der Waals surface area contributed by atoms with Gasteiger partial charge in [-0.05, 0) is 48.9 Å². The molecule has 2 aromatic carbocycles. The number of sulfone groups is 1. The van der Waals surface area contributed by atoms with Crippen LogP contribution in [0.2, 0.25) is 0 Å². The molecule has 4 N–H and O–H groups in total. The molecule has 0 aliphatic rings. The van der Waals surface area contributed by atoms with E-state index in [-0.39, 0.29) is 16.5 Å². The molecule has 0 aliphatic heterocycles. The SMILES string of the molecule is Cc1ccc(NC(=O)c2[nH]c(S(C)(=O)=O)nc2-c2ccc(F)cc2)cc1N. The second kappa shape index (κ2) is 6.84. The van der Waals surface area contributed by atoms with Gasteiger partial charge < -0.3 is 16.0 Å². The average Bonchev–Trinajstić information content (AvgIpc) is 3.05. The molecule has 1 heterocycles. The minimum atomic E-state index is -3.68. The Balaban J connectivity index is 2.04. The van der Waals surface area contributed by atoms with E-state index in [2.05, 4.69) is 15.3 Å². The van der Waals surface area contributed by atoms with Crippen LogP contribution in [0.15, 0.2) is 47.6 Å². The summed E-state index contributed by atoms with van der Waals surface area (Å²) in [5, 5.41) is 2.30. The number of hydrogen-bond acceptors (Lipinski definition) is 5. The number of benzene rings is 2. The number of aryl methyl sites for hydroxylation is 1. The molecule has 3 rings (SSSR count). The number of carbonyl (C=O) groups is 1. The molecule has 0 unspecified atom stereocenters. The number of aromatic nitrogens is 2. The molecule has 1 aromatic heterocycles. The Bertz CT molecular complexity index is 1120. The van der Waals surface area contributed by atoms with Gasteiger partial charge >= 0.3 is 0 Å². The first-order valence-corrected chi connectivity index (χ1v) is 9.78. The van der Waals surface area contributed by atoms with E-state index in [9.17, 15) is 17.6 Å². The smallest absolute Gasteiger partial charge is 0.274 e. The molecule has 27 heavy (non-hydrogen) atoms. The summed E-state index contributed by atoms with van der Waals surface area (Å²) in [6, 6.07) is 10.3. The van der Waals surface area contributed by atoms with Crippen LogP contribution in [0.25, 0.3) is 11.3 Å². The molecule has 0 aliphatic carbocycles. The van der Waals surface area contributed by atoms with Crippen molar-refractivity contribution in [2.75, 3.05) is 17.3 Å². The summed E-state index contributed by atoms with van der Waals surface area (Å²) in [6.07, 6.45) is 0.975. The lowest BCUT2D eigenvalue weighted by Crippen LogP contribution is -2.14. The molecule has 0 bridgehead atoms. The first-order chi connectivity index (χ1) is 12.6. The van der Waals surface area contributed by atoms with E-state index in [1.54, 1.807) is 18.2 Å². The zero-order valence-electron chi connectivity index (χ0n) is 14.6. The van der Waals surface area contributed by atoms with Gasteiger partial charge in [0.05, 0.1) is 0 Å². The molecule has 0 spiro atoms. The van der Waals surface area contributed by atoms with Crippen molar-refractivity contribution in [3.05, 3.63) is 59.5 Å². The Morgan fingerprint density at radius 3 is 2.44 bits per heavy atom. The lowest BCUT2D eigenvalue weighted by molar-refractivity contribution is 0.102. The number of hydrogen-bond donors (Lipinski definition) is 3. The number of nitrogens with two attached hydrogens (primary N) is 1. The highest BCUT2D eigenvalue weighted by molar-refractivity contribution is 7.90. The summed E-state index contributed by atoms with van der Waals surface area (Å²) in [5.74, 6) is -1.06. The van der Waals surface area contributed by atoms with Crippen LogP contribution in [0.4, 0.5) is 15.8 Å². The highest BCUT2D eigenvalue weighted by Crippen LogP contribution is 2.25. The third-order valence-electron chi connectivity index (χ3n) is 3.92. The van der Waals surface area contributed by atoms with Gasteiger partial charge in [-0.1, -0.05) is 6.07 Å². The Labute approximate surface area is 155 Å². The van der Waals surface area contributed by atoms with Crippen LogP contribution in [0.5, 0.6) is 0 Å². The minimum Gasteiger partial charge on any atom is -0.398 e. The molecule has 3 aromatic rings. The summed E-state index contributed by atoms with van der Waals surface area (Å²) >= 11 is 0. The van der Waals surface area contributed by atoms with E-state index in [0.29, 0.717) is 16.9 Å². The molecular weight excluding hydrogens is 371 g/mol. The van der Waals surface area contributed by atoms with Gasteiger partial charge in [-0.15, -0.1) is 0 Å². The molecule has 0 saturated heterocycles. The zero-order chi connectivity index (χ0) is 19.8. The maximum absolute atomic E-state index is 13.2. The van der Waals surface area contributed by atoms with Gasteiger partial charge in [0.2, 0.25) is 15.0 Å². The first-order valence-electron chi connectivity index (χ1n) is 7.88. The lowest BCUT2D eigenvalue weighted by atomic mass is 10.1. The molecule has 9 heteroatoms. The molecule has 0 atom stereocenters. The summed E-state index contributed by atoms with van der Waals surface area (Å²) in [5.41, 5.74) is 8.11. The fourth-order valence-corrected chi connectivity index (χ4v) is 2.96. The monoisotopic (exact) mass is 388 g/mol. The van der Waals surface area contributed by atoms with Crippen molar-refractivity contribution in [2.24, 2.45) is 0 Å². The van der Waals surface area contributed by atoms with Crippen LogP contribution in [0.3, 0.4) is 0 Å². The van der Waals surface area contributed by atoms with Gasteiger partial charge in [0.25, 0.3) is 5.91 Å². The molecule has 1 amide bonds. The van der Waals surface area contributed by atoms with Crippen molar-refractivity contribution in [3.8, 4) is 11.3 Å². The average molecular weight is 388 g/mol. The fourth-order valence-electron chi connectivity index (χ4n) is 2.42. The van der Waals surface area contributed by atoms with E-state index < -0.39 is 21.6 Å². The van der Waals surface area contributed by atoms with E-state index in [4.69, 9.17) is 5.73 Å². The molecule has 7 nitrogen and oxygen atoms in total. The third kappa shape index (κ3) is 3.98. The maximum atomic E-state index is 13.2. The van der Waals surface area contributed by atoms with Crippen LogP contribution >= 0.6 is 0 Å². The second-order valence-corrected chi connectivity index (χ2v) is 8.00. The highest BCUT2D eigenvalue weighted by Gasteiger charge is 2.23. The molecule has 0 saturated carbocycles. The van der Waals surface area contributed by atoms with Crippen LogP contribution in [0, 0.1) is 12.7 Å². The highest BCUT2D eigenvalue weighted by atomic mass is 32.2. The topological polar surface area (TPSA) is 118 Å². The number of aromatic amines is 1. The Hall–Kier alpha value is -3.20. The van der Waals surface area contributed by atoms with Crippen LogP contribution in [-0.2, 0) is 9.84 Å². The molecule has 140 valence electrons. The number of amides is 1. The molecule has 0 fully saturated rings. The molecule has 0 radical (unpaired) electrons. The Kier molecular flexibility index (Phi) is 4.71. The normalized spacial score (nSPS) is 11.4. The zero-order valence-corrected chi connectivity index (χ0v) is 15.4. The van der Waals surface area contributed by atoms with Crippen molar-refractivity contribution in [3.63, 3.8) is 0 Å². The number of anilines is 2. The number of H-pyrrole nitrogens is 1. The predicted molar refractivity (Wildman–Crippen MR) is 101 cm³/mol. The lowest BCUT2D eigenvalue weighted by Gasteiger charge is -2.08. The number of nitrogen functional groups attached to an aromatic ring is 1. The van der Waals surface area contributed by atoms with Crippen molar-refractivity contribution in [2.45, 2.75) is 12.1 Å². The number of imidazole rings is 1. The Morgan fingerprint density at radius 1 is 1.19 bits per heavy atom. The van der Waals surface area contributed by atoms with Crippen LogP contribution in [0.1, 0.15) is 16.1 Å². The van der Waals surface area contributed by atoms with Gasteiger partial charge in [-0.25, -0.2) is 17.8 Å². The maximum Gasteiger partial charge on any atom is 0.274 e. The number of halogens is 1.